The number of ether oxygens (including phenoxy) is 2. The Kier molecular flexibility index (Phi) is 15.2. The van der Waals surface area contributed by atoms with Gasteiger partial charge in [-0.25, -0.2) is 4.79 Å². The molecule has 5 heteroatoms. The highest BCUT2D eigenvalue weighted by molar-refractivity contribution is 5.82. The molecule has 1 atom stereocenters. The van der Waals surface area contributed by atoms with Crippen LogP contribution in [-0.4, -0.2) is 30.9 Å². The van der Waals surface area contributed by atoms with E-state index in [9.17, 15) is 14.4 Å². The Balaban J connectivity index is 2.60. The summed E-state index contributed by atoms with van der Waals surface area (Å²) < 4.78 is 10.7. The maximum atomic E-state index is 12.4. The van der Waals surface area contributed by atoms with Crippen molar-refractivity contribution in [3.8, 4) is 0 Å². The Morgan fingerprint density at radius 2 is 1.62 bits per heavy atom. The summed E-state index contributed by atoms with van der Waals surface area (Å²) in [6.07, 6.45) is 23.4. The number of allylic oxidation sites excluding steroid dienone is 10. The lowest BCUT2D eigenvalue weighted by atomic mass is 9.71. The van der Waals surface area contributed by atoms with Crippen LogP contribution in [0.5, 0.6) is 0 Å². The fourth-order valence-electron chi connectivity index (χ4n) is 4.31. The number of aldehydes is 1. The van der Waals surface area contributed by atoms with E-state index in [-0.39, 0.29) is 23.5 Å². The average Bonchev–Trinajstić information content (AvgIpc) is 2.82. The van der Waals surface area contributed by atoms with Gasteiger partial charge in [-0.2, -0.15) is 0 Å². The van der Waals surface area contributed by atoms with Crippen molar-refractivity contribution in [3.63, 3.8) is 0 Å². The van der Waals surface area contributed by atoms with E-state index in [4.69, 9.17) is 9.47 Å². The van der Waals surface area contributed by atoms with Gasteiger partial charge in [0, 0.05) is 13.0 Å². The van der Waals surface area contributed by atoms with E-state index in [1.54, 1.807) is 6.08 Å². The van der Waals surface area contributed by atoms with Gasteiger partial charge in [0.15, 0.2) is 0 Å². The summed E-state index contributed by atoms with van der Waals surface area (Å²) >= 11 is 0. The summed E-state index contributed by atoms with van der Waals surface area (Å²) in [5.74, 6) is -0.506. The second-order valence-corrected chi connectivity index (χ2v) is 10.4. The highest BCUT2D eigenvalue weighted by Gasteiger charge is 2.33. The molecule has 0 aromatic carbocycles. The first-order chi connectivity index (χ1) is 17.6. The van der Waals surface area contributed by atoms with E-state index in [0.717, 1.165) is 74.4 Å². The van der Waals surface area contributed by atoms with Crippen molar-refractivity contribution in [2.75, 3.05) is 6.61 Å². The van der Waals surface area contributed by atoms with E-state index in [2.05, 4.69) is 32.9 Å². The van der Waals surface area contributed by atoms with Crippen LogP contribution in [0.3, 0.4) is 0 Å². The van der Waals surface area contributed by atoms with Crippen molar-refractivity contribution in [3.05, 3.63) is 70.9 Å². The highest BCUT2D eigenvalue weighted by atomic mass is 16.5. The number of esters is 2. The molecule has 0 radical (unpaired) electrons. The van der Waals surface area contributed by atoms with Gasteiger partial charge in [-0.15, -0.1) is 0 Å². The van der Waals surface area contributed by atoms with Gasteiger partial charge in [-0.1, -0.05) is 75.1 Å². The predicted octanol–water partition coefficient (Wildman–Crippen LogP) is 7.70. The molecule has 1 aliphatic rings. The number of unbranched alkanes of at least 4 members (excludes halogenated alkanes) is 5. The van der Waals surface area contributed by atoms with Crippen LogP contribution in [0.4, 0.5) is 0 Å². The molecular formula is C32H46O5. The van der Waals surface area contributed by atoms with Gasteiger partial charge in [0.05, 0.1) is 6.61 Å². The maximum absolute atomic E-state index is 12.4. The Bertz CT molecular complexity index is 940. The molecule has 204 valence electrons. The van der Waals surface area contributed by atoms with E-state index in [1.165, 1.54) is 18.6 Å². The molecule has 0 aromatic heterocycles. The summed E-state index contributed by atoms with van der Waals surface area (Å²) in [6, 6.07) is 0. The van der Waals surface area contributed by atoms with Crippen LogP contribution in [0, 0.1) is 5.41 Å². The lowest BCUT2D eigenvalue weighted by Gasteiger charge is -2.36. The molecule has 0 saturated carbocycles. The highest BCUT2D eigenvalue weighted by Crippen LogP contribution is 2.42. The van der Waals surface area contributed by atoms with Crippen molar-refractivity contribution < 1.29 is 23.9 Å². The van der Waals surface area contributed by atoms with Crippen LogP contribution in [0.15, 0.2) is 70.9 Å². The first kappa shape index (κ1) is 32.1. The molecule has 37 heavy (non-hydrogen) atoms. The predicted molar refractivity (Wildman–Crippen MR) is 151 cm³/mol. The number of carbonyl (C=O) groups is 3. The number of carbonyl (C=O) groups excluding carboxylic acids is 3. The minimum absolute atomic E-state index is 0.0108. The molecule has 0 aromatic rings. The first-order valence-electron chi connectivity index (χ1n) is 13.4. The lowest BCUT2D eigenvalue weighted by molar-refractivity contribution is -0.142. The van der Waals surface area contributed by atoms with Gasteiger partial charge in [0.1, 0.15) is 12.4 Å². The number of hydrogen-bond donors (Lipinski definition) is 0. The van der Waals surface area contributed by atoms with Gasteiger partial charge < -0.3 is 9.47 Å². The fourth-order valence-corrected chi connectivity index (χ4v) is 4.31. The summed E-state index contributed by atoms with van der Waals surface area (Å²) in [5.41, 5.74) is 4.33. The average molecular weight is 511 g/mol. The molecule has 0 aliphatic heterocycles. The fraction of sp³-hybridized carbons (Fsp3) is 0.531. The minimum Gasteiger partial charge on any atom is -0.466 e. The van der Waals surface area contributed by atoms with Crippen molar-refractivity contribution in [2.45, 2.75) is 99.0 Å². The second kappa shape index (κ2) is 17.5. The normalized spacial score (nSPS) is 18.7. The molecule has 1 unspecified atom stereocenters. The molecule has 1 aliphatic carbocycles. The van der Waals surface area contributed by atoms with Crippen LogP contribution in [-0.2, 0) is 23.9 Å². The third-order valence-electron chi connectivity index (χ3n) is 6.56. The number of hydrogen-bond acceptors (Lipinski definition) is 5. The lowest BCUT2D eigenvalue weighted by Crippen LogP contribution is -2.30. The SMILES string of the molecule is CC(=O)OCCCCCCCC=CC(=O)OC1CCC(C)(C)C(C=CC(C)=CC=CC(C)=CC=O)=C1C. The van der Waals surface area contributed by atoms with Gasteiger partial charge in [-0.05, 0) is 81.1 Å². The Labute approximate surface area is 224 Å². The standard InChI is InChI=1S/C32H46O5/c1-25(15-14-16-26(2)21-23-33)18-19-29-27(3)30(20-22-32(29,5)6)37-31(35)17-12-10-8-7-9-11-13-24-36-28(4)34/h12,14-19,21,23,30H,7-11,13,20,22,24H2,1-6H3. The van der Waals surface area contributed by atoms with E-state index in [0.29, 0.717) is 6.61 Å². The molecule has 0 fully saturated rings. The zero-order valence-corrected chi connectivity index (χ0v) is 23.7. The van der Waals surface area contributed by atoms with Gasteiger partial charge in [0.2, 0.25) is 0 Å². The minimum atomic E-state index is -0.284. The number of rotatable bonds is 15. The quantitative estimate of drug-likeness (QED) is 0.0742. The molecule has 0 N–H and O–H groups in total. The summed E-state index contributed by atoms with van der Waals surface area (Å²) in [5, 5.41) is 0. The smallest absolute Gasteiger partial charge is 0.331 e. The zero-order valence-electron chi connectivity index (χ0n) is 23.7. The van der Waals surface area contributed by atoms with Crippen molar-refractivity contribution in [1.29, 1.82) is 0 Å². The molecule has 5 nitrogen and oxygen atoms in total. The van der Waals surface area contributed by atoms with E-state index in [1.807, 2.05) is 38.2 Å². The molecular weight excluding hydrogens is 464 g/mol. The maximum Gasteiger partial charge on any atom is 0.331 e. The summed E-state index contributed by atoms with van der Waals surface area (Å²) in [6.45, 7) is 12.4. The van der Waals surface area contributed by atoms with Crippen molar-refractivity contribution >= 4 is 18.2 Å². The van der Waals surface area contributed by atoms with Crippen LogP contribution in [0.2, 0.25) is 0 Å². The van der Waals surface area contributed by atoms with Crippen LogP contribution in [0.1, 0.15) is 92.9 Å². The van der Waals surface area contributed by atoms with Gasteiger partial charge in [0.25, 0.3) is 0 Å². The third-order valence-corrected chi connectivity index (χ3v) is 6.56. The van der Waals surface area contributed by atoms with Crippen LogP contribution < -0.4 is 0 Å². The first-order valence-corrected chi connectivity index (χ1v) is 13.4. The van der Waals surface area contributed by atoms with Crippen LogP contribution >= 0.6 is 0 Å². The van der Waals surface area contributed by atoms with E-state index >= 15 is 0 Å². The molecule has 0 spiro atoms. The van der Waals surface area contributed by atoms with Crippen molar-refractivity contribution in [2.24, 2.45) is 5.41 Å². The molecule has 0 saturated heterocycles. The second-order valence-electron chi connectivity index (χ2n) is 10.4. The summed E-state index contributed by atoms with van der Waals surface area (Å²) in [7, 11) is 0. The molecule has 1 rings (SSSR count). The third kappa shape index (κ3) is 13.8. The van der Waals surface area contributed by atoms with Gasteiger partial charge >= 0.3 is 11.9 Å². The van der Waals surface area contributed by atoms with E-state index < -0.39 is 0 Å². The largest absolute Gasteiger partial charge is 0.466 e. The molecule has 0 heterocycles. The Hall–Kier alpha value is -2.95. The topological polar surface area (TPSA) is 69.7 Å². The Morgan fingerprint density at radius 1 is 0.946 bits per heavy atom. The molecule has 0 amide bonds. The zero-order chi connectivity index (χ0) is 27.7. The van der Waals surface area contributed by atoms with Crippen LogP contribution in [0.25, 0.3) is 0 Å². The van der Waals surface area contributed by atoms with Gasteiger partial charge in [-0.3, -0.25) is 9.59 Å². The van der Waals surface area contributed by atoms with Crippen molar-refractivity contribution in [1.82, 2.24) is 0 Å². The molecule has 0 bridgehead atoms. The Morgan fingerprint density at radius 3 is 2.32 bits per heavy atom. The monoisotopic (exact) mass is 510 g/mol. The summed E-state index contributed by atoms with van der Waals surface area (Å²) in [4.78, 5) is 33.7.